The molecule has 3 aromatic carbocycles. The number of nitrogens with zero attached hydrogens (tertiary/aromatic N) is 2. The Morgan fingerprint density at radius 3 is 2.12 bits per heavy atom. The molecule has 0 aliphatic heterocycles. The molecule has 0 atom stereocenters. The monoisotopic (exact) mass is 437 g/mol. The Bertz CT molecular complexity index is 1440. The lowest BCUT2D eigenvalue weighted by Gasteiger charge is -2.14. The second-order valence-electron chi connectivity index (χ2n) is 7.74. The molecular formula is C27H23N3O3. The smallest absolute Gasteiger partial charge is 0.326 e. The maximum atomic E-state index is 12.2. The van der Waals surface area contributed by atoms with Gasteiger partial charge in [-0.15, -0.1) is 0 Å². The first-order valence-corrected chi connectivity index (χ1v) is 10.7. The number of fused-ring (bicyclic) bond motifs is 1. The summed E-state index contributed by atoms with van der Waals surface area (Å²) in [6.07, 6.45) is 0. The van der Waals surface area contributed by atoms with Crippen molar-refractivity contribution in [2.24, 2.45) is 7.05 Å². The summed E-state index contributed by atoms with van der Waals surface area (Å²) in [4.78, 5) is 19.8. The van der Waals surface area contributed by atoms with Crippen LogP contribution in [0.25, 0.3) is 22.2 Å². The summed E-state index contributed by atoms with van der Waals surface area (Å²) in [5.74, 6) is 0.923. The van der Waals surface area contributed by atoms with Gasteiger partial charge in [0.2, 0.25) is 11.8 Å². The van der Waals surface area contributed by atoms with Crippen LogP contribution in [0.1, 0.15) is 11.1 Å². The third-order valence-electron chi connectivity index (χ3n) is 5.49. The van der Waals surface area contributed by atoms with E-state index in [1.807, 2.05) is 91.0 Å². The van der Waals surface area contributed by atoms with Crippen molar-refractivity contribution in [3.05, 3.63) is 113 Å². The molecular weight excluding hydrogens is 414 g/mol. The Morgan fingerprint density at radius 1 is 0.758 bits per heavy atom. The van der Waals surface area contributed by atoms with E-state index in [4.69, 9.17) is 9.47 Å². The predicted octanol–water partition coefficient (Wildman–Crippen LogP) is 5.09. The SMILES string of the molecule is Cn1c(=O)[nH]c2cccc(-c3ccc(OCc4ccccc4)nc3OCc3ccccc3)c21. The number of hydrogen-bond donors (Lipinski definition) is 1. The van der Waals surface area contributed by atoms with E-state index in [9.17, 15) is 4.79 Å². The van der Waals surface area contributed by atoms with Gasteiger partial charge in [0.15, 0.2) is 0 Å². The number of aromatic nitrogens is 3. The second kappa shape index (κ2) is 9.04. The number of imidazole rings is 1. The van der Waals surface area contributed by atoms with E-state index in [1.165, 1.54) is 0 Å². The average Bonchev–Trinajstić information content (AvgIpc) is 3.16. The molecule has 2 heterocycles. The molecule has 0 bridgehead atoms. The average molecular weight is 437 g/mol. The molecule has 0 aliphatic rings. The van der Waals surface area contributed by atoms with Gasteiger partial charge in [0.25, 0.3) is 0 Å². The first-order valence-electron chi connectivity index (χ1n) is 10.7. The number of H-pyrrole nitrogens is 1. The fourth-order valence-electron chi connectivity index (χ4n) is 3.80. The minimum Gasteiger partial charge on any atom is -0.473 e. The summed E-state index contributed by atoms with van der Waals surface area (Å²) in [6, 6.07) is 29.4. The summed E-state index contributed by atoms with van der Waals surface area (Å²) in [6.45, 7) is 0.776. The highest BCUT2D eigenvalue weighted by Crippen LogP contribution is 2.35. The minimum atomic E-state index is -0.167. The van der Waals surface area contributed by atoms with E-state index in [-0.39, 0.29) is 5.69 Å². The predicted molar refractivity (Wildman–Crippen MR) is 128 cm³/mol. The number of aromatic amines is 1. The van der Waals surface area contributed by atoms with Gasteiger partial charge in [-0.3, -0.25) is 4.57 Å². The molecule has 6 nitrogen and oxygen atoms in total. The number of nitrogens with one attached hydrogen (secondary N) is 1. The van der Waals surface area contributed by atoms with Gasteiger partial charge < -0.3 is 14.5 Å². The van der Waals surface area contributed by atoms with Gasteiger partial charge >= 0.3 is 5.69 Å². The molecule has 0 saturated heterocycles. The molecule has 5 rings (SSSR count). The van der Waals surface area contributed by atoms with Gasteiger partial charge in [0.05, 0.1) is 11.0 Å². The summed E-state index contributed by atoms with van der Waals surface area (Å²) >= 11 is 0. The molecule has 0 fully saturated rings. The molecule has 0 radical (unpaired) electrons. The van der Waals surface area contributed by atoms with Crippen molar-refractivity contribution >= 4 is 11.0 Å². The van der Waals surface area contributed by atoms with E-state index in [1.54, 1.807) is 11.6 Å². The highest BCUT2D eigenvalue weighted by Gasteiger charge is 2.16. The van der Waals surface area contributed by atoms with Crippen LogP contribution in [0, 0.1) is 0 Å². The van der Waals surface area contributed by atoms with Crippen LogP contribution in [0.15, 0.2) is 95.8 Å². The lowest BCUT2D eigenvalue weighted by molar-refractivity contribution is 0.268. The number of pyridine rings is 1. The molecule has 2 aromatic heterocycles. The van der Waals surface area contributed by atoms with Crippen LogP contribution in [0.2, 0.25) is 0 Å². The fourth-order valence-corrected chi connectivity index (χ4v) is 3.80. The van der Waals surface area contributed by atoms with Crippen molar-refractivity contribution in [1.29, 1.82) is 0 Å². The molecule has 1 N–H and O–H groups in total. The highest BCUT2D eigenvalue weighted by molar-refractivity contribution is 5.93. The maximum absolute atomic E-state index is 12.2. The second-order valence-corrected chi connectivity index (χ2v) is 7.74. The van der Waals surface area contributed by atoms with Gasteiger partial charge in [-0.05, 0) is 23.3 Å². The summed E-state index contributed by atoms with van der Waals surface area (Å²) < 4.78 is 13.7. The quantitative estimate of drug-likeness (QED) is 0.385. The zero-order valence-corrected chi connectivity index (χ0v) is 18.2. The van der Waals surface area contributed by atoms with Gasteiger partial charge in [0, 0.05) is 24.2 Å². The fraction of sp³-hybridized carbons (Fsp3) is 0.111. The van der Waals surface area contributed by atoms with Crippen LogP contribution in [-0.4, -0.2) is 14.5 Å². The molecule has 0 spiro atoms. The van der Waals surface area contributed by atoms with Gasteiger partial charge in [0.1, 0.15) is 13.2 Å². The van der Waals surface area contributed by atoms with Crippen LogP contribution < -0.4 is 15.2 Å². The van der Waals surface area contributed by atoms with Crippen molar-refractivity contribution in [2.45, 2.75) is 13.2 Å². The molecule has 0 aliphatic carbocycles. The Morgan fingerprint density at radius 2 is 1.42 bits per heavy atom. The summed E-state index contributed by atoms with van der Waals surface area (Å²) in [7, 11) is 1.75. The highest BCUT2D eigenvalue weighted by atomic mass is 16.5. The minimum absolute atomic E-state index is 0.167. The van der Waals surface area contributed by atoms with Gasteiger partial charge in [-0.1, -0.05) is 72.8 Å². The Kier molecular flexibility index (Phi) is 5.64. The van der Waals surface area contributed by atoms with Crippen LogP contribution in [-0.2, 0) is 20.3 Å². The zero-order valence-electron chi connectivity index (χ0n) is 18.2. The first-order chi connectivity index (χ1) is 16.2. The maximum Gasteiger partial charge on any atom is 0.326 e. The van der Waals surface area contributed by atoms with Gasteiger partial charge in [-0.2, -0.15) is 4.98 Å². The molecule has 6 heteroatoms. The molecule has 0 unspecified atom stereocenters. The first kappa shape index (κ1) is 20.6. The topological polar surface area (TPSA) is 69.1 Å². The number of benzene rings is 3. The Hall–Kier alpha value is -4.32. The number of para-hydroxylation sites is 1. The lowest BCUT2D eigenvalue weighted by atomic mass is 10.1. The van der Waals surface area contributed by atoms with Crippen LogP contribution in [0.5, 0.6) is 11.8 Å². The van der Waals surface area contributed by atoms with Crippen LogP contribution in [0.3, 0.4) is 0 Å². The van der Waals surface area contributed by atoms with Crippen LogP contribution >= 0.6 is 0 Å². The number of ether oxygens (including phenoxy) is 2. The number of rotatable bonds is 7. The third-order valence-corrected chi connectivity index (χ3v) is 5.49. The molecule has 164 valence electrons. The molecule has 0 amide bonds. The lowest BCUT2D eigenvalue weighted by Crippen LogP contribution is -2.12. The van der Waals surface area contributed by atoms with E-state index in [2.05, 4.69) is 9.97 Å². The normalized spacial score (nSPS) is 10.9. The largest absolute Gasteiger partial charge is 0.473 e. The van der Waals surface area contributed by atoms with Crippen molar-refractivity contribution in [3.8, 4) is 22.9 Å². The van der Waals surface area contributed by atoms with Crippen molar-refractivity contribution in [3.63, 3.8) is 0 Å². The van der Waals surface area contributed by atoms with Crippen molar-refractivity contribution < 1.29 is 9.47 Å². The summed E-state index contributed by atoms with van der Waals surface area (Å²) in [5, 5.41) is 0. The van der Waals surface area contributed by atoms with E-state index >= 15 is 0 Å². The van der Waals surface area contributed by atoms with Crippen molar-refractivity contribution in [2.75, 3.05) is 0 Å². The molecule has 0 saturated carbocycles. The van der Waals surface area contributed by atoms with Crippen molar-refractivity contribution in [1.82, 2.24) is 14.5 Å². The zero-order chi connectivity index (χ0) is 22.6. The Balaban J connectivity index is 1.53. The third kappa shape index (κ3) is 4.36. The molecule has 5 aromatic rings. The van der Waals surface area contributed by atoms with Gasteiger partial charge in [-0.25, -0.2) is 4.79 Å². The standard InChI is InChI=1S/C27H23N3O3/c1-30-25-21(13-8-14-23(25)28-27(30)31)22-15-16-24(32-17-19-9-4-2-5-10-19)29-26(22)33-18-20-11-6-3-7-12-20/h2-16H,17-18H2,1H3,(H,28,31). The number of aryl methyl sites for hydroxylation is 1. The summed E-state index contributed by atoms with van der Waals surface area (Å²) in [5.41, 5.74) is 5.14. The Labute approximate surface area is 191 Å². The number of hydrogen-bond acceptors (Lipinski definition) is 4. The van der Waals surface area contributed by atoms with E-state index in [0.29, 0.717) is 25.0 Å². The van der Waals surface area contributed by atoms with E-state index < -0.39 is 0 Å². The van der Waals surface area contributed by atoms with Crippen LogP contribution in [0.4, 0.5) is 0 Å². The molecule has 33 heavy (non-hydrogen) atoms. The van der Waals surface area contributed by atoms with E-state index in [0.717, 1.165) is 33.3 Å².